The molecule has 0 aromatic carbocycles. The molecule has 0 spiro atoms. The Balaban J connectivity index is 1.88. The Morgan fingerprint density at radius 2 is 2.35 bits per heavy atom. The first kappa shape index (κ1) is 12.6. The molecular formula is C13H23N3O. The van der Waals surface area contributed by atoms with Gasteiger partial charge in [0, 0.05) is 37.9 Å². The maximum Gasteiger partial charge on any atom is 0.0652 e. The molecule has 1 aromatic rings. The molecule has 1 N–H and O–H groups in total. The lowest BCUT2D eigenvalue weighted by atomic mass is 9.64. The van der Waals surface area contributed by atoms with Crippen molar-refractivity contribution >= 4 is 0 Å². The van der Waals surface area contributed by atoms with Crippen molar-refractivity contribution in [2.24, 2.45) is 5.41 Å². The molecule has 1 fully saturated rings. The third-order valence-electron chi connectivity index (χ3n) is 4.10. The molecule has 1 heterocycles. The van der Waals surface area contributed by atoms with Gasteiger partial charge in [0.2, 0.25) is 0 Å². The lowest BCUT2D eigenvalue weighted by molar-refractivity contribution is -0.0980. The molecule has 0 saturated heterocycles. The van der Waals surface area contributed by atoms with Gasteiger partial charge >= 0.3 is 0 Å². The van der Waals surface area contributed by atoms with Gasteiger partial charge in [-0.1, -0.05) is 13.8 Å². The number of ether oxygens (including phenoxy) is 1. The Morgan fingerprint density at radius 3 is 2.94 bits per heavy atom. The summed E-state index contributed by atoms with van der Waals surface area (Å²) in [4.78, 5) is 0. The fraction of sp³-hybridized carbons (Fsp3) is 0.769. The highest BCUT2D eigenvalue weighted by atomic mass is 16.5. The zero-order valence-electron chi connectivity index (χ0n) is 11.2. The normalized spacial score (nSPS) is 26.8. The van der Waals surface area contributed by atoms with Crippen LogP contribution in [0.15, 0.2) is 12.3 Å². The fourth-order valence-electron chi connectivity index (χ4n) is 2.65. The van der Waals surface area contributed by atoms with Gasteiger partial charge in [0.15, 0.2) is 0 Å². The molecule has 4 heteroatoms. The zero-order valence-corrected chi connectivity index (χ0v) is 11.2. The monoisotopic (exact) mass is 237 g/mol. The smallest absolute Gasteiger partial charge is 0.0652 e. The van der Waals surface area contributed by atoms with Crippen LogP contribution < -0.4 is 5.32 Å². The van der Waals surface area contributed by atoms with Crippen LogP contribution in [0.5, 0.6) is 0 Å². The second-order valence-corrected chi connectivity index (χ2v) is 5.35. The van der Waals surface area contributed by atoms with Crippen molar-refractivity contribution < 1.29 is 4.74 Å². The van der Waals surface area contributed by atoms with Crippen LogP contribution in [0.25, 0.3) is 0 Å². The lowest BCUT2D eigenvalue weighted by Gasteiger charge is -2.51. The van der Waals surface area contributed by atoms with Crippen molar-refractivity contribution in [3.8, 4) is 0 Å². The fourth-order valence-corrected chi connectivity index (χ4v) is 2.65. The van der Waals surface area contributed by atoms with E-state index in [2.05, 4.69) is 37.3 Å². The molecule has 1 saturated carbocycles. The van der Waals surface area contributed by atoms with E-state index in [1.54, 1.807) is 7.11 Å². The number of rotatable bonds is 5. The van der Waals surface area contributed by atoms with E-state index in [1.165, 1.54) is 5.69 Å². The van der Waals surface area contributed by atoms with E-state index >= 15 is 0 Å². The minimum absolute atomic E-state index is 0.228. The summed E-state index contributed by atoms with van der Waals surface area (Å²) in [7, 11) is 1.80. The molecule has 0 amide bonds. The Kier molecular flexibility index (Phi) is 3.54. The number of hydrogen-bond donors (Lipinski definition) is 1. The minimum atomic E-state index is 0.228. The van der Waals surface area contributed by atoms with E-state index in [1.807, 2.05) is 10.9 Å². The van der Waals surface area contributed by atoms with Crippen molar-refractivity contribution in [3.05, 3.63) is 18.0 Å². The SMILES string of the molecule is CCn1nccc1CNC1CC(OC)C1(C)C. The van der Waals surface area contributed by atoms with Gasteiger partial charge in [0.25, 0.3) is 0 Å². The summed E-state index contributed by atoms with van der Waals surface area (Å²) in [6, 6.07) is 2.61. The predicted octanol–water partition coefficient (Wildman–Crippen LogP) is 1.81. The van der Waals surface area contributed by atoms with Gasteiger partial charge in [-0.15, -0.1) is 0 Å². The zero-order chi connectivity index (χ0) is 12.5. The van der Waals surface area contributed by atoms with Crippen molar-refractivity contribution in [2.45, 2.75) is 52.4 Å². The van der Waals surface area contributed by atoms with Gasteiger partial charge in [0.05, 0.1) is 11.8 Å². The summed E-state index contributed by atoms with van der Waals surface area (Å²) in [5, 5.41) is 7.89. The number of aryl methyl sites for hydroxylation is 1. The molecule has 96 valence electrons. The summed E-state index contributed by atoms with van der Waals surface area (Å²) < 4.78 is 7.49. The van der Waals surface area contributed by atoms with E-state index in [0.29, 0.717) is 12.1 Å². The minimum Gasteiger partial charge on any atom is -0.381 e. The molecule has 1 aliphatic rings. The molecule has 1 aromatic heterocycles. The van der Waals surface area contributed by atoms with E-state index in [0.717, 1.165) is 19.5 Å². The average molecular weight is 237 g/mol. The van der Waals surface area contributed by atoms with E-state index in [9.17, 15) is 0 Å². The molecule has 0 bridgehead atoms. The van der Waals surface area contributed by atoms with Crippen LogP contribution in [0.4, 0.5) is 0 Å². The third kappa shape index (κ3) is 2.24. The topological polar surface area (TPSA) is 39.1 Å². The number of nitrogens with one attached hydrogen (secondary N) is 1. The van der Waals surface area contributed by atoms with Crippen LogP contribution in [0.1, 0.15) is 32.9 Å². The molecule has 0 radical (unpaired) electrons. The molecular weight excluding hydrogens is 214 g/mol. The number of aromatic nitrogens is 2. The highest BCUT2D eigenvalue weighted by Gasteiger charge is 2.48. The predicted molar refractivity (Wildman–Crippen MR) is 67.7 cm³/mol. The second-order valence-electron chi connectivity index (χ2n) is 5.35. The summed E-state index contributed by atoms with van der Waals surface area (Å²) >= 11 is 0. The van der Waals surface area contributed by atoms with E-state index in [-0.39, 0.29) is 5.41 Å². The van der Waals surface area contributed by atoms with Crippen molar-refractivity contribution in [3.63, 3.8) is 0 Å². The number of methoxy groups -OCH3 is 1. The first-order valence-corrected chi connectivity index (χ1v) is 6.36. The van der Waals surface area contributed by atoms with Crippen LogP contribution in [-0.4, -0.2) is 29.0 Å². The second kappa shape index (κ2) is 4.78. The molecule has 2 rings (SSSR count). The van der Waals surface area contributed by atoms with Crippen LogP contribution in [-0.2, 0) is 17.8 Å². The van der Waals surface area contributed by atoms with Gasteiger partial charge < -0.3 is 10.1 Å². The highest BCUT2D eigenvalue weighted by molar-refractivity contribution is 5.06. The van der Waals surface area contributed by atoms with E-state index in [4.69, 9.17) is 4.74 Å². The Morgan fingerprint density at radius 1 is 1.59 bits per heavy atom. The van der Waals surface area contributed by atoms with Gasteiger partial charge in [-0.3, -0.25) is 4.68 Å². The number of hydrogen-bond acceptors (Lipinski definition) is 3. The summed E-state index contributed by atoms with van der Waals surface area (Å²) in [6.45, 7) is 8.46. The van der Waals surface area contributed by atoms with Crippen molar-refractivity contribution in [2.75, 3.05) is 7.11 Å². The van der Waals surface area contributed by atoms with Gasteiger partial charge in [-0.05, 0) is 19.4 Å². The van der Waals surface area contributed by atoms with Gasteiger partial charge in [-0.2, -0.15) is 5.10 Å². The van der Waals surface area contributed by atoms with Crippen LogP contribution in [0.2, 0.25) is 0 Å². The van der Waals surface area contributed by atoms with Crippen LogP contribution in [0.3, 0.4) is 0 Å². The summed E-state index contributed by atoms with van der Waals surface area (Å²) in [5.41, 5.74) is 1.48. The Bertz CT molecular complexity index is 372. The van der Waals surface area contributed by atoms with Crippen LogP contribution in [0, 0.1) is 5.41 Å². The van der Waals surface area contributed by atoms with Crippen molar-refractivity contribution in [1.29, 1.82) is 0 Å². The highest BCUT2D eigenvalue weighted by Crippen LogP contribution is 2.42. The molecule has 4 nitrogen and oxygen atoms in total. The Hall–Kier alpha value is -0.870. The molecule has 17 heavy (non-hydrogen) atoms. The molecule has 2 atom stereocenters. The van der Waals surface area contributed by atoms with Crippen molar-refractivity contribution in [1.82, 2.24) is 15.1 Å². The largest absolute Gasteiger partial charge is 0.381 e. The molecule has 2 unspecified atom stereocenters. The van der Waals surface area contributed by atoms with E-state index < -0.39 is 0 Å². The number of nitrogens with zero attached hydrogens (tertiary/aromatic N) is 2. The first-order valence-electron chi connectivity index (χ1n) is 6.36. The standard InChI is InChI=1S/C13H23N3O/c1-5-16-10(6-7-15-16)9-14-11-8-12(17-4)13(11,2)3/h6-7,11-12,14H,5,8-9H2,1-4H3. The summed E-state index contributed by atoms with van der Waals surface area (Å²) in [6.07, 6.45) is 3.35. The molecule has 1 aliphatic carbocycles. The average Bonchev–Trinajstić information content (AvgIpc) is 2.75. The van der Waals surface area contributed by atoms with Gasteiger partial charge in [-0.25, -0.2) is 0 Å². The maximum absolute atomic E-state index is 5.46. The maximum atomic E-state index is 5.46. The summed E-state index contributed by atoms with van der Waals surface area (Å²) in [5.74, 6) is 0. The quantitative estimate of drug-likeness (QED) is 0.849. The lowest BCUT2D eigenvalue weighted by Crippen LogP contribution is -2.60. The van der Waals surface area contributed by atoms with Gasteiger partial charge in [0.1, 0.15) is 0 Å². The third-order valence-corrected chi connectivity index (χ3v) is 4.10. The van der Waals surface area contributed by atoms with Crippen LogP contribution >= 0.6 is 0 Å². The Labute approximate surface area is 103 Å². The first-order chi connectivity index (χ1) is 8.09. The molecule has 0 aliphatic heterocycles.